The summed E-state index contributed by atoms with van der Waals surface area (Å²) in [4.78, 5) is 12.4. The van der Waals surface area contributed by atoms with E-state index in [0.717, 1.165) is 36.6 Å². The van der Waals surface area contributed by atoms with E-state index in [2.05, 4.69) is 26.3 Å². The van der Waals surface area contributed by atoms with Crippen molar-refractivity contribution in [3.63, 3.8) is 0 Å². The maximum absolute atomic E-state index is 12.4. The summed E-state index contributed by atoms with van der Waals surface area (Å²) in [6, 6.07) is 3.92. The van der Waals surface area contributed by atoms with Gasteiger partial charge in [-0.2, -0.15) is 8.75 Å². The van der Waals surface area contributed by atoms with Gasteiger partial charge in [0.15, 0.2) is 0 Å². The van der Waals surface area contributed by atoms with Gasteiger partial charge in [0.2, 0.25) is 5.91 Å². The Kier molecular flexibility index (Phi) is 3.87. The zero-order chi connectivity index (χ0) is 14.1. The molecule has 1 aromatic heterocycles. The third-order valence-corrected chi connectivity index (χ3v) is 4.48. The van der Waals surface area contributed by atoms with Crippen LogP contribution in [0.25, 0.3) is 11.0 Å². The molecular formula is C13H15ClN4OS. The number of carbonyl (C=O) groups excluding carboxylic acids is 1. The fourth-order valence-corrected chi connectivity index (χ4v) is 3.28. The highest BCUT2D eigenvalue weighted by atomic mass is 35.5. The van der Waals surface area contributed by atoms with Crippen LogP contribution in [0.5, 0.6) is 0 Å². The van der Waals surface area contributed by atoms with Gasteiger partial charge in [-0.05, 0) is 38.4 Å². The topological polar surface area (TPSA) is 66.9 Å². The molecule has 0 saturated carbocycles. The lowest BCUT2D eigenvalue weighted by atomic mass is 9.92. The molecule has 0 spiro atoms. The molecular weight excluding hydrogens is 296 g/mol. The number of amides is 1. The van der Waals surface area contributed by atoms with Crippen molar-refractivity contribution in [3.05, 3.63) is 17.2 Å². The molecule has 1 saturated heterocycles. The Labute approximate surface area is 126 Å². The normalized spacial score (nSPS) is 22.9. The molecule has 5 nitrogen and oxygen atoms in total. The Bertz CT molecular complexity index is 644. The van der Waals surface area contributed by atoms with E-state index in [9.17, 15) is 4.79 Å². The molecule has 1 fully saturated rings. The van der Waals surface area contributed by atoms with E-state index >= 15 is 0 Å². The van der Waals surface area contributed by atoms with E-state index in [-0.39, 0.29) is 11.8 Å². The Morgan fingerprint density at radius 3 is 3.15 bits per heavy atom. The van der Waals surface area contributed by atoms with Crippen LogP contribution in [0.4, 0.5) is 5.69 Å². The van der Waals surface area contributed by atoms with Crippen LogP contribution in [0.15, 0.2) is 12.1 Å². The standard InChI is InChI=1S/C13H15ClN4OS/c1-7-6-8(4-5-15-7)13(19)16-11-9(14)2-3-10-12(11)18-20-17-10/h2-3,7-8,15H,4-6H2,1H3,(H,16,19). The van der Waals surface area contributed by atoms with Crippen molar-refractivity contribution in [2.24, 2.45) is 5.92 Å². The van der Waals surface area contributed by atoms with Gasteiger partial charge in [0, 0.05) is 12.0 Å². The third-order valence-electron chi connectivity index (χ3n) is 3.62. The fraction of sp³-hybridized carbons (Fsp3) is 0.462. The fourth-order valence-electron chi connectivity index (χ4n) is 2.54. The molecule has 0 bridgehead atoms. The van der Waals surface area contributed by atoms with E-state index in [1.54, 1.807) is 6.07 Å². The maximum atomic E-state index is 12.4. The number of halogens is 1. The lowest BCUT2D eigenvalue weighted by Gasteiger charge is -2.27. The molecule has 3 rings (SSSR count). The van der Waals surface area contributed by atoms with Crippen molar-refractivity contribution < 1.29 is 4.79 Å². The van der Waals surface area contributed by atoms with E-state index in [0.29, 0.717) is 22.3 Å². The molecule has 2 atom stereocenters. The number of rotatable bonds is 2. The Hall–Kier alpha value is -1.24. The van der Waals surface area contributed by atoms with Crippen LogP contribution in [-0.2, 0) is 4.79 Å². The molecule has 1 aliphatic rings. The summed E-state index contributed by atoms with van der Waals surface area (Å²) in [5.41, 5.74) is 2.00. The lowest BCUT2D eigenvalue weighted by molar-refractivity contribution is -0.120. The molecule has 2 unspecified atom stereocenters. The number of anilines is 1. The van der Waals surface area contributed by atoms with Crippen LogP contribution in [0.2, 0.25) is 5.02 Å². The van der Waals surface area contributed by atoms with Gasteiger partial charge in [0.05, 0.1) is 22.4 Å². The molecule has 1 aromatic carbocycles. The smallest absolute Gasteiger partial charge is 0.227 e. The second-order valence-electron chi connectivity index (χ2n) is 5.12. The average Bonchev–Trinajstić information content (AvgIpc) is 2.90. The molecule has 2 heterocycles. The van der Waals surface area contributed by atoms with E-state index in [1.807, 2.05) is 6.07 Å². The monoisotopic (exact) mass is 310 g/mol. The zero-order valence-corrected chi connectivity index (χ0v) is 12.6. The van der Waals surface area contributed by atoms with Gasteiger partial charge in [0.25, 0.3) is 0 Å². The largest absolute Gasteiger partial charge is 0.323 e. The predicted molar refractivity (Wildman–Crippen MR) is 81.2 cm³/mol. The molecule has 106 valence electrons. The van der Waals surface area contributed by atoms with Crippen LogP contribution in [-0.4, -0.2) is 27.2 Å². The van der Waals surface area contributed by atoms with E-state index in [1.165, 1.54) is 0 Å². The Morgan fingerprint density at radius 1 is 1.50 bits per heavy atom. The summed E-state index contributed by atoms with van der Waals surface area (Å²) < 4.78 is 8.37. The molecule has 1 amide bonds. The molecule has 2 N–H and O–H groups in total. The van der Waals surface area contributed by atoms with Crippen molar-refractivity contribution in [1.29, 1.82) is 0 Å². The molecule has 1 aliphatic heterocycles. The summed E-state index contributed by atoms with van der Waals surface area (Å²) in [5.74, 6) is 0.0323. The quantitative estimate of drug-likeness (QED) is 0.895. The van der Waals surface area contributed by atoms with Crippen LogP contribution in [0.3, 0.4) is 0 Å². The first-order chi connectivity index (χ1) is 9.65. The summed E-state index contributed by atoms with van der Waals surface area (Å²) >= 11 is 7.30. The third kappa shape index (κ3) is 2.63. The van der Waals surface area contributed by atoms with Crippen molar-refractivity contribution >= 4 is 46.0 Å². The van der Waals surface area contributed by atoms with Gasteiger partial charge in [-0.25, -0.2) is 0 Å². The molecule has 0 radical (unpaired) electrons. The highest BCUT2D eigenvalue weighted by Crippen LogP contribution is 2.31. The first-order valence-electron chi connectivity index (χ1n) is 6.60. The van der Waals surface area contributed by atoms with Crippen LogP contribution < -0.4 is 10.6 Å². The summed E-state index contributed by atoms with van der Waals surface area (Å²) in [5, 5.41) is 6.78. The second-order valence-corrected chi connectivity index (χ2v) is 6.06. The van der Waals surface area contributed by atoms with Gasteiger partial charge in [-0.3, -0.25) is 4.79 Å². The van der Waals surface area contributed by atoms with Gasteiger partial charge in [0.1, 0.15) is 11.0 Å². The van der Waals surface area contributed by atoms with Crippen LogP contribution in [0.1, 0.15) is 19.8 Å². The highest BCUT2D eigenvalue weighted by molar-refractivity contribution is 7.00. The zero-order valence-electron chi connectivity index (χ0n) is 11.0. The number of piperidine rings is 1. The molecule has 0 aliphatic carbocycles. The number of fused-ring (bicyclic) bond motifs is 1. The number of benzene rings is 1. The van der Waals surface area contributed by atoms with Crippen molar-refractivity contribution in [3.8, 4) is 0 Å². The second kappa shape index (κ2) is 5.63. The van der Waals surface area contributed by atoms with Gasteiger partial charge in [-0.1, -0.05) is 11.6 Å². The number of carbonyl (C=O) groups is 1. The minimum Gasteiger partial charge on any atom is -0.323 e. The van der Waals surface area contributed by atoms with Crippen LogP contribution >= 0.6 is 23.3 Å². The van der Waals surface area contributed by atoms with Crippen molar-refractivity contribution in [2.75, 3.05) is 11.9 Å². The predicted octanol–water partition coefficient (Wildman–Crippen LogP) is 2.67. The van der Waals surface area contributed by atoms with Crippen molar-refractivity contribution in [2.45, 2.75) is 25.8 Å². The summed E-state index contributed by atoms with van der Waals surface area (Å²) in [6.07, 6.45) is 1.69. The Balaban J connectivity index is 1.83. The minimum atomic E-state index is 0.0146. The number of hydrogen-bond acceptors (Lipinski definition) is 5. The SMILES string of the molecule is CC1CC(C(=O)Nc2c(Cl)ccc3nsnc23)CCN1. The number of nitrogens with one attached hydrogen (secondary N) is 2. The Morgan fingerprint density at radius 2 is 2.35 bits per heavy atom. The molecule has 20 heavy (non-hydrogen) atoms. The average molecular weight is 311 g/mol. The summed E-state index contributed by atoms with van der Waals surface area (Å²) in [7, 11) is 0. The first kappa shape index (κ1) is 13.7. The van der Waals surface area contributed by atoms with Gasteiger partial charge in [-0.15, -0.1) is 0 Å². The maximum Gasteiger partial charge on any atom is 0.227 e. The van der Waals surface area contributed by atoms with Crippen LogP contribution in [0, 0.1) is 5.92 Å². The van der Waals surface area contributed by atoms with Gasteiger partial charge >= 0.3 is 0 Å². The molecule has 7 heteroatoms. The number of aromatic nitrogens is 2. The number of nitrogens with zero attached hydrogens (tertiary/aromatic N) is 2. The van der Waals surface area contributed by atoms with E-state index < -0.39 is 0 Å². The molecule has 2 aromatic rings. The van der Waals surface area contributed by atoms with Gasteiger partial charge < -0.3 is 10.6 Å². The highest BCUT2D eigenvalue weighted by Gasteiger charge is 2.25. The summed E-state index contributed by atoms with van der Waals surface area (Å²) in [6.45, 7) is 2.97. The van der Waals surface area contributed by atoms with Crippen molar-refractivity contribution in [1.82, 2.24) is 14.1 Å². The minimum absolute atomic E-state index is 0.0146. The first-order valence-corrected chi connectivity index (χ1v) is 7.71. The van der Waals surface area contributed by atoms with E-state index in [4.69, 9.17) is 11.6 Å². The lowest BCUT2D eigenvalue weighted by Crippen LogP contribution is -2.40. The number of hydrogen-bond donors (Lipinski definition) is 2.